The predicted molar refractivity (Wildman–Crippen MR) is 110 cm³/mol. The zero-order chi connectivity index (χ0) is 19.3. The molecule has 28 heavy (non-hydrogen) atoms. The molecule has 1 aliphatic carbocycles. The van der Waals surface area contributed by atoms with Gasteiger partial charge >= 0.3 is 0 Å². The topological polar surface area (TPSA) is 62.1 Å². The summed E-state index contributed by atoms with van der Waals surface area (Å²) in [4.78, 5) is 14.2. The normalized spacial score (nSPS) is 16.5. The van der Waals surface area contributed by atoms with E-state index in [4.69, 9.17) is 4.74 Å². The Morgan fingerprint density at radius 1 is 1.07 bits per heavy atom. The van der Waals surface area contributed by atoms with Crippen LogP contribution in [-0.4, -0.2) is 30.0 Å². The molecule has 1 heterocycles. The fraction of sp³-hybridized carbons (Fsp3) is 0.391. The molecule has 1 aliphatic heterocycles. The summed E-state index contributed by atoms with van der Waals surface area (Å²) in [6.45, 7) is 1.39. The van der Waals surface area contributed by atoms with E-state index in [2.05, 4.69) is 28.3 Å². The number of anilines is 1. The first-order valence-electron chi connectivity index (χ1n) is 10.1. The van der Waals surface area contributed by atoms with Crippen LogP contribution in [0.3, 0.4) is 0 Å². The van der Waals surface area contributed by atoms with Crippen molar-refractivity contribution in [3.05, 3.63) is 59.2 Å². The van der Waals surface area contributed by atoms with Crippen LogP contribution in [0.25, 0.3) is 0 Å². The summed E-state index contributed by atoms with van der Waals surface area (Å²) in [6.07, 6.45) is 5.91. The van der Waals surface area contributed by atoms with Gasteiger partial charge < -0.3 is 14.8 Å². The molecule has 0 spiro atoms. The summed E-state index contributed by atoms with van der Waals surface area (Å²) in [5, 5.41) is 13.2. The molecule has 0 amide bonds. The van der Waals surface area contributed by atoms with E-state index < -0.39 is 0 Å². The number of para-hydroxylation sites is 1. The minimum Gasteiger partial charge on any atom is -0.493 e. The minimum absolute atomic E-state index is 0.213. The lowest BCUT2D eigenvalue weighted by Gasteiger charge is -2.31. The number of ether oxygens (including phenoxy) is 1. The molecule has 5 heteroatoms. The number of hydrogen-bond acceptors (Lipinski definition) is 4. The van der Waals surface area contributed by atoms with E-state index in [9.17, 15) is 10.0 Å². The molecule has 1 N–H and O–H groups in total. The Balaban J connectivity index is 1.37. The lowest BCUT2D eigenvalue weighted by molar-refractivity contribution is 0.0971. The average molecular weight is 378 g/mol. The molecule has 0 saturated heterocycles. The van der Waals surface area contributed by atoms with Crippen molar-refractivity contribution in [2.24, 2.45) is 5.16 Å². The predicted octanol–water partition coefficient (Wildman–Crippen LogP) is 4.61. The van der Waals surface area contributed by atoms with E-state index >= 15 is 0 Å². The van der Waals surface area contributed by atoms with Gasteiger partial charge in [0.2, 0.25) is 0 Å². The maximum Gasteiger partial charge on any atom is 0.163 e. The summed E-state index contributed by atoms with van der Waals surface area (Å²) in [6, 6.07) is 14.0. The average Bonchev–Trinajstić information content (AvgIpc) is 2.74. The number of hydrogen-bond donors (Lipinski definition) is 1. The van der Waals surface area contributed by atoms with Gasteiger partial charge in [0.25, 0.3) is 0 Å². The molecule has 2 aromatic rings. The van der Waals surface area contributed by atoms with Crippen LogP contribution < -0.4 is 9.64 Å². The van der Waals surface area contributed by atoms with Gasteiger partial charge in [-0.3, -0.25) is 4.79 Å². The van der Waals surface area contributed by atoms with Crippen LogP contribution in [0.15, 0.2) is 47.6 Å². The number of rotatable bonds is 5. The molecule has 0 fully saturated rings. The molecule has 2 aliphatic rings. The smallest absolute Gasteiger partial charge is 0.163 e. The van der Waals surface area contributed by atoms with E-state index in [1.807, 2.05) is 24.3 Å². The lowest BCUT2D eigenvalue weighted by atomic mass is 9.90. The van der Waals surface area contributed by atoms with Gasteiger partial charge in [-0.2, -0.15) is 0 Å². The van der Waals surface area contributed by atoms with Crippen LogP contribution in [0.4, 0.5) is 5.69 Å². The van der Waals surface area contributed by atoms with E-state index in [1.165, 1.54) is 5.56 Å². The minimum atomic E-state index is 0.213. The molecule has 4 rings (SSSR count). The highest BCUT2D eigenvalue weighted by atomic mass is 16.5. The Morgan fingerprint density at radius 2 is 1.96 bits per heavy atom. The first kappa shape index (κ1) is 18.5. The fourth-order valence-electron chi connectivity index (χ4n) is 4.23. The number of Topliss-reactive ketones (excluding diaryl/α,β-unsaturated/α-hetero) is 1. The zero-order valence-electron chi connectivity index (χ0n) is 16.1. The van der Waals surface area contributed by atoms with Crippen LogP contribution in [0, 0.1) is 0 Å². The van der Waals surface area contributed by atoms with Crippen molar-refractivity contribution in [1.82, 2.24) is 0 Å². The number of ketones is 1. The fourth-order valence-corrected chi connectivity index (χ4v) is 4.23. The second-order valence-corrected chi connectivity index (χ2v) is 7.41. The first-order valence-corrected chi connectivity index (χ1v) is 10.1. The monoisotopic (exact) mass is 378 g/mol. The summed E-state index contributed by atoms with van der Waals surface area (Å²) in [7, 11) is 0. The molecule has 0 saturated carbocycles. The number of carbonyl (C=O) groups is 1. The molecule has 5 nitrogen and oxygen atoms in total. The molecule has 146 valence electrons. The number of amidine groups is 1. The summed E-state index contributed by atoms with van der Waals surface area (Å²) >= 11 is 0. The SMILES string of the molecule is O=C1CCCc2c(OCCC/C(=N\O)N3CCCc4ccccc43)cccc21. The van der Waals surface area contributed by atoms with Crippen LogP contribution in [0.1, 0.15) is 53.6 Å². The number of nitrogens with zero attached hydrogens (tertiary/aromatic N) is 2. The Kier molecular flexibility index (Phi) is 5.60. The number of aryl methyl sites for hydroxylation is 1. The summed E-state index contributed by atoms with van der Waals surface area (Å²) in [5.41, 5.74) is 4.29. The van der Waals surface area contributed by atoms with Crippen molar-refractivity contribution in [3.8, 4) is 5.75 Å². The third-order valence-electron chi connectivity index (χ3n) is 5.60. The van der Waals surface area contributed by atoms with E-state index in [0.29, 0.717) is 25.3 Å². The molecule has 0 radical (unpaired) electrons. The van der Waals surface area contributed by atoms with Crippen LogP contribution >= 0.6 is 0 Å². The molecule has 0 bridgehead atoms. The molecule has 0 unspecified atom stereocenters. The van der Waals surface area contributed by atoms with Gasteiger partial charge in [0.15, 0.2) is 5.78 Å². The Labute approximate surface area is 165 Å². The van der Waals surface area contributed by atoms with E-state index in [0.717, 1.165) is 61.2 Å². The van der Waals surface area contributed by atoms with Crippen molar-refractivity contribution in [2.45, 2.75) is 44.9 Å². The van der Waals surface area contributed by atoms with E-state index in [-0.39, 0.29) is 5.78 Å². The number of fused-ring (bicyclic) bond motifs is 2. The van der Waals surface area contributed by atoms with Crippen LogP contribution in [0.2, 0.25) is 0 Å². The van der Waals surface area contributed by atoms with Crippen molar-refractivity contribution in [3.63, 3.8) is 0 Å². The van der Waals surface area contributed by atoms with Crippen LogP contribution in [0.5, 0.6) is 5.75 Å². The molecule has 0 atom stereocenters. The van der Waals surface area contributed by atoms with Crippen molar-refractivity contribution in [1.29, 1.82) is 0 Å². The second-order valence-electron chi connectivity index (χ2n) is 7.41. The van der Waals surface area contributed by atoms with Gasteiger partial charge in [0.05, 0.1) is 6.61 Å². The van der Waals surface area contributed by atoms with Gasteiger partial charge in [-0.15, -0.1) is 0 Å². The molecule has 0 aromatic heterocycles. The Morgan fingerprint density at radius 3 is 2.86 bits per heavy atom. The van der Waals surface area contributed by atoms with Gasteiger partial charge in [0.1, 0.15) is 11.6 Å². The maximum absolute atomic E-state index is 12.1. The summed E-state index contributed by atoms with van der Waals surface area (Å²) in [5.74, 6) is 1.71. The van der Waals surface area contributed by atoms with Crippen LogP contribution in [-0.2, 0) is 12.8 Å². The van der Waals surface area contributed by atoms with Crippen molar-refractivity contribution >= 4 is 17.3 Å². The highest BCUT2D eigenvalue weighted by Gasteiger charge is 2.22. The maximum atomic E-state index is 12.1. The third kappa shape index (κ3) is 3.75. The summed E-state index contributed by atoms with van der Waals surface area (Å²) < 4.78 is 6.00. The number of oxime groups is 1. The van der Waals surface area contributed by atoms with Gasteiger partial charge in [-0.25, -0.2) is 0 Å². The quantitative estimate of drug-likeness (QED) is 0.271. The lowest BCUT2D eigenvalue weighted by Crippen LogP contribution is -2.35. The number of carbonyl (C=O) groups excluding carboxylic acids is 1. The molecule has 2 aromatic carbocycles. The Hall–Kier alpha value is -2.82. The first-order chi connectivity index (χ1) is 13.8. The zero-order valence-corrected chi connectivity index (χ0v) is 16.1. The highest BCUT2D eigenvalue weighted by Crippen LogP contribution is 2.30. The van der Waals surface area contributed by atoms with Gasteiger partial charge in [0, 0.05) is 36.2 Å². The van der Waals surface area contributed by atoms with E-state index in [1.54, 1.807) is 0 Å². The second kappa shape index (κ2) is 8.46. The Bertz CT molecular complexity index is 891. The third-order valence-corrected chi connectivity index (χ3v) is 5.60. The van der Waals surface area contributed by atoms with Gasteiger partial charge in [-0.1, -0.05) is 35.5 Å². The van der Waals surface area contributed by atoms with Crippen molar-refractivity contribution < 1.29 is 14.7 Å². The number of benzene rings is 2. The molecular weight excluding hydrogens is 352 g/mol. The largest absolute Gasteiger partial charge is 0.493 e. The highest BCUT2D eigenvalue weighted by molar-refractivity contribution is 5.99. The standard InChI is InChI=1S/C23H26N2O3/c26-21-12-3-10-19-18(21)9-4-13-22(19)28-16-6-14-23(24-27)25-15-5-8-17-7-1-2-11-20(17)25/h1-2,4,7,9,11,13,27H,3,5-6,8,10,12,14-16H2/b24-23+. The van der Waals surface area contributed by atoms with Crippen molar-refractivity contribution in [2.75, 3.05) is 18.1 Å². The molecular formula is C23H26N2O3. The van der Waals surface area contributed by atoms with Gasteiger partial charge in [-0.05, 0) is 49.8 Å².